The van der Waals surface area contributed by atoms with Gasteiger partial charge in [-0.25, -0.2) is 13.8 Å². The van der Waals surface area contributed by atoms with E-state index in [0.29, 0.717) is 4.73 Å². The van der Waals surface area contributed by atoms with Gasteiger partial charge >= 0.3 is 11.7 Å². The van der Waals surface area contributed by atoms with Gasteiger partial charge in [0.15, 0.2) is 5.16 Å². The van der Waals surface area contributed by atoms with Crippen LogP contribution in [0.2, 0.25) is 0 Å². The van der Waals surface area contributed by atoms with Gasteiger partial charge in [0, 0.05) is 4.73 Å². The molecule has 0 aliphatic carbocycles. The molecule has 0 aliphatic heterocycles. The zero-order valence-corrected chi connectivity index (χ0v) is 8.51. The highest BCUT2D eigenvalue weighted by Gasteiger charge is 2.35. The number of aromatic nitrogens is 6. The van der Waals surface area contributed by atoms with Crippen LogP contribution in [0.15, 0.2) is 13.8 Å². The summed E-state index contributed by atoms with van der Waals surface area (Å²) in [6.07, 6.45) is 0. The Hall–Kier alpha value is -3.18. The zero-order chi connectivity index (χ0) is 12.7. The molecule has 0 saturated heterocycles. The number of anilines is 2. The maximum atomic E-state index is 9.85. The van der Waals surface area contributed by atoms with E-state index >= 15 is 0 Å². The summed E-state index contributed by atoms with van der Waals surface area (Å²) in [5.41, 5.74) is 10.9. The number of nitrogens with two attached hydrogens (primary N) is 2. The van der Waals surface area contributed by atoms with E-state index in [9.17, 15) is 5.21 Å². The molecule has 0 unspecified atom stereocenters. The van der Waals surface area contributed by atoms with Crippen molar-refractivity contribution < 1.29 is 23.7 Å². The van der Waals surface area contributed by atoms with Crippen LogP contribution in [0, 0.1) is 0 Å². The van der Waals surface area contributed by atoms with Crippen LogP contribution in [-0.2, 0) is 0 Å². The first-order chi connectivity index (χ1) is 8.68. The summed E-state index contributed by atoms with van der Waals surface area (Å²) < 4.78 is 14.1. The van der Waals surface area contributed by atoms with Crippen LogP contribution < -0.4 is 16.2 Å². The van der Waals surface area contributed by atoms with Crippen molar-refractivity contribution in [3.63, 3.8) is 0 Å². The van der Waals surface area contributed by atoms with Crippen molar-refractivity contribution >= 4 is 11.6 Å². The third-order valence-corrected chi connectivity index (χ3v) is 2.05. The molecule has 0 saturated carbocycles. The number of nitrogens with zero attached hydrogens (tertiary/aromatic N) is 6. The summed E-state index contributed by atoms with van der Waals surface area (Å²) in [7, 11) is 0. The van der Waals surface area contributed by atoms with Gasteiger partial charge in [-0.1, -0.05) is 0 Å². The summed E-state index contributed by atoms with van der Waals surface area (Å²) in [4.78, 5) is 0. The molecule has 0 bridgehead atoms. The van der Waals surface area contributed by atoms with E-state index < -0.39 is 0 Å². The second-order valence-electron chi connectivity index (χ2n) is 3.12. The monoisotopic (exact) mass is 253 g/mol. The molecule has 3 heterocycles. The highest BCUT2D eigenvalue weighted by atomic mass is 16.6. The van der Waals surface area contributed by atoms with Crippen LogP contribution in [0.4, 0.5) is 11.6 Å². The predicted octanol–water partition coefficient (Wildman–Crippen LogP) is -1.54. The summed E-state index contributed by atoms with van der Waals surface area (Å²) in [6.45, 7) is 0. The van der Waals surface area contributed by atoms with Crippen molar-refractivity contribution in [1.29, 1.82) is 0 Å². The molecule has 0 spiro atoms. The molecule has 18 heavy (non-hydrogen) atoms. The summed E-state index contributed by atoms with van der Waals surface area (Å²) in [5.74, 6) is -0.479. The topological polar surface area (TPSA) is 180 Å². The molecule has 3 rings (SSSR count). The molecule has 0 atom stereocenters. The first-order valence-electron chi connectivity index (χ1n) is 4.46. The van der Waals surface area contributed by atoms with Crippen molar-refractivity contribution in [1.82, 2.24) is 25.8 Å². The second-order valence-corrected chi connectivity index (χ2v) is 3.12. The summed E-state index contributed by atoms with van der Waals surface area (Å²) in [6, 6.07) is 0. The van der Waals surface area contributed by atoms with Gasteiger partial charge in [-0.05, 0) is 20.6 Å². The Kier molecular flexibility index (Phi) is 1.89. The zero-order valence-electron chi connectivity index (χ0n) is 8.51. The van der Waals surface area contributed by atoms with Crippen LogP contribution in [0.1, 0.15) is 0 Å². The number of hydrogen-bond acceptors (Lipinski definition) is 11. The van der Waals surface area contributed by atoms with Gasteiger partial charge in [0.2, 0.25) is 17.3 Å². The molecule has 5 N–H and O–H groups in total. The van der Waals surface area contributed by atoms with E-state index in [0.717, 1.165) is 0 Å². The standard InChI is InChI=1S/C6H5N8O4/c7-3-1(9-17-11-3)5-13-16-6(14(5)15)2-4(8)12-18-10-2/h15H,(H2,7,11)(H2,8,12)/q+1. The molecule has 0 fully saturated rings. The second kappa shape index (κ2) is 3.41. The lowest BCUT2D eigenvalue weighted by Crippen LogP contribution is -2.33. The van der Waals surface area contributed by atoms with Crippen molar-refractivity contribution in [3.8, 4) is 23.1 Å². The molecule has 0 amide bonds. The van der Waals surface area contributed by atoms with Crippen molar-refractivity contribution in [2.24, 2.45) is 0 Å². The van der Waals surface area contributed by atoms with E-state index in [1.807, 2.05) is 0 Å². The minimum Gasteiger partial charge on any atom is -0.379 e. The van der Waals surface area contributed by atoms with Gasteiger partial charge in [-0.2, -0.15) is 0 Å². The maximum absolute atomic E-state index is 9.85. The predicted molar refractivity (Wildman–Crippen MR) is 49.3 cm³/mol. The Balaban J connectivity index is 2.15. The van der Waals surface area contributed by atoms with E-state index in [2.05, 4.69) is 35.0 Å². The fourth-order valence-corrected chi connectivity index (χ4v) is 1.24. The highest BCUT2D eigenvalue weighted by molar-refractivity contribution is 5.62. The van der Waals surface area contributed by atoms with Crippen LogP contribution >= 0.6 is 0 Å². The average molecular weight is 253 g/mol. The summed E-state index contributed by atoms with van der Waals surface area (Å²) in [5, 5.41) is 27.0. The highest BCUT2D eigenvalue weighted by Crippen LogP contribution is 2.22. The van der Waals surface area contributed by atoms with Gasteiger partial charge in [0.1, 0.15) is 0 Å². The Morgan fingerprint density at radius 3 is 2.06 bits per heavy atom. The largest absolute Gasteiger partial charge is 0.445 e. The minimum absolute atomic E-state index is 0.00234. The molecule has 3 aromatic heterocycles. The normalized spacial score (nSPS) is 10.9. The molecule has 0 radical (unpaired) electrons. The fraction of sp³-hybridized carbons (Fsp3) is 0. The molecular weight excluding hydrogens is 248 g/mol. The van der Waals surface area contributed by atoms with Gasteiger partial charge in [0.05, 0.1) is 0 Å². The third-order valence-electron chi connectivity index (χ3n) is 2.05. The lowest BCUT2D eigenvalue weighted by Gasteiger charge is -1.86. The Bertz CT molecular complexity index is 640. The van der Waals surface area contributed by atoms with Crippen molar-refractivity contribution in [2.45, 2.75) is 0 Å². The molecule has 0 aliphatic rings. The average Bonchev–Trinajstić information content (AvgIpc) is 3.01. The van der Waals surface area contributed by atoms with Crippen LogP contribution in [0.25, 0.3) is 23.1 Å². The van der Waals surface area contributed by atoms with Crippen LogP contribution in [0.3, 0.4) is 0 Å². The smallest absolute Gasteiger partial charge is 0.379 e. The van der Waals surface area contributed by atoms with Crippen molar-refractivity contribution in [2.75, 3.05) is 11.5 Å². The Morgan fingerprint density at radius 1 is 0.889 bits per heavy atom. The number of nitrogen functional groups attached to an aromatic ring is 2. The van der Waals surface area contributed by atoms with Crippen molar-refractivity contribution in [3.05, 3.63) is 0 Å². The molecule has 12 nitrogen and oxygen atoms in total. The van der Waals surface area contributed by atoms with Gasteiger partial charge in [-0.3, -0.25) is 0 Å². The SMILES string of the molecule is Nc1nonc1-c1noc(-c2nonc2N)[n+]1O. The molecule has 92 valence electrons. The van der Waals surface area contributed by atoms with Gasteiger partial charge < -0.3 is 16.7 Å². The maximum Gasteiger partial charge on any atom is 0.445 e. The van der Waals surface area contributed by atoms with Crippen LogP contribution in [-0.4, -0.2) is 31.0 Å². The molecule has 3 aromatic rings. The van der Waals surface area contributed by atoms with E-state index in [-0.39, 0.29) is 34.7 Å². The lowest BCUT2D eigenvalue weighted by atomic mass is 10.4. The third kappa shape index (κ3) is 1.25. The number of hydrogen-bond donors (Lipinski definition) is 3. The van der Waals surface area contributed by atoms with E-state index in [1.165, 1.54) is 0 Å². The quantitative estimate of drug-likeness (QED) is 0.355. The Morgan fingerprint density at radius 2 is 1.50 bits per heavy atom. The first kappa shape index (κ1) is 10.0. The Labute approximate surface area is 96.6 Å². The van der Waals surface area contributed by atoms with Crippen LogP contribution in [0.5, 0.6) is 0 Å². The lowest BCUT2D eigenvalue weighted by molar-refractivity contribution is -0.889. The first-order valence-corrected chi connectivity index (χ1v) is 4.46. The molecule has 0 aromatic carbocycles. The van der Waals surface area contributed by atoms with E-state index in [4.69, 9.17) is 16.0 Å². The minimum atomic E-state index is -0.203. The molecule has 12 heteroatoms. The van der Waals surface area contributed by atoms with E-state index in [1.54, 1.807) is 0 Å². The van der Waals surface area contributed by atoms with Gasteiger partial charge in [0.25, 0.3) is 5.69 Å². The fourth-order valence-electron chi connectivity index (χ4n) is 1.24. The molecular formula is C6H5N8O4+. The van der Waals surface area contributed by atoms with Gasteiger partial charge in [-0.15, -0.1) is 0 Å². The summed E-state index contributed by atoms with van der Waals surface area (Å²) >= 11 is 0. The number of rotatable bonds is 2.